The van der Waals surface area contributed by atoms with Crippen LogP contribution in [0.2, 0.25) is 0 Å². The number of Topliss-reactive ketones (excluding diaryl/α,β-unsaturated/α-hetero) is 1. The zero-order chi connectivity index (χ0) is 12.8. The summed E-state index contributed by atoms with van der Waals surface area (Å²) in [5, 5.41) is -0.625. The maximum absolute atomic E-state index is 11.6. The summed E-state index contributed by atoms with van der Waals surface area (Å²) in [5.41, 5.74) is 0. The van der Waals surface area contributed by atoms with E-state index in [-0.39, 0.29) is 24.0 Å². The van der Waals surface area contributed by atoms with Crippen molar-refractivity contribution in [3.05, 3.63) is 0 Å². The van der Waals surface area contributed by atoms with Crippen LogP contribution >= 0.6 is 12.0 Å². The Morgan fingerprint density at radius 3 is 2.65 bits per heavy atom. The molecule has 1 fully saturated rings. The fraction of sp³-hybridized carbons (Fsp3) is 0.727. The molecule has 1 atom stereocenters. The largest absolute Gasteiger partial charge is 0.329 e. The minimum absolute atomic E-state index is 0.0907. The predicted molar refractivity (Wildman–Crippen MR) is 64.5 cm³/mol. The maximum Gasteiger partial charge on any atom is 0.245 e. The number of rotatable bonds is 7. The van der Waals surface area contributed by atoms with Gasteiger partial charge in [-0.3, -0.25) is 14.5 Å². The summed E-state index contributed by atoms with van der Waals surface area (Å²) in [6, 6.07) is 0. The summed E-state index contributed by atoms with van der Waals surface area (Å²) >= 11 is 0.439. The monoisotopic (exact) mass is 259 g/mol. The van der Waals surface area contributed by atoms with E-state index in [1.165, 1.54) is 4.90 Å². The molecule has 1 saturated heterocycles. The highest BCUT2D eigenvalue weighted by atomic mass is 32.2. The SMILES string of the molecule is CC(=O)CCCCCN1C(=O)CC(SO)C1=O. The van der Waals surface area contributed by atoms with Crippen LogP contribution in [0.25, 0.3) is 0 Å². The van der Waals surface area contributed by atoms with Gasteiger partial charge in [0, 0.05) is 25.0 Å². The Kier molecular flexibility index (Phi) is 5.64. The molecule has 1 N–H and O–H groups in total. The summed E-state index contributed by atoms with van der Waals surface area (Å²) in [7, 11) is 0. The molecule has 6 heteroatoms. The van der Waals surface area contributed by atoms with E-state index >= 15 is 0 Å². The van der Waals surface area contributed by atoms with Gasteiger partial charge < -0.3 is 9.35 Å². The first-order valence-corrected chi connectivity index (χ1v) is 6.53. The second kappa shape index (κ2) is 6.76. The minimum atomic E-state index is -0.625. The number of hydrogen-bond donors (Lipinski definition) is 1. The number of amides is 2. The van der Waals surface area contributed by atoms with Gasteiger partial charge in [0.1, 0.15) is 11.0 Å². The van der Waals surface area contributed by atoms with Crippen molar-refractivity contribution in [2.24, 2.45) is 0 Å². The molecule has 1 rings (SSSR count). The Balaban J connectivity index is 2.25. The molecule has 0 saturated carbocycles. The Bertz CT molecular complexity index is 319. The van der Waals surface area contributed by atoms with E-state index in [1.807, 2.05) is 0 Å². The van der Waals surface area contributed by atoms with Crippen molar-refractivity contribution < 1.29 is 18.9 Å². The third kappa shape index (κ3) is 4.12. The lowest BCUT2D eigenvalue weighted by Gasteiger charge is -2.13. The molecule has 0 aliphatic carbocycles. The lowest BCUT2D eigenvalue weighted by Crippen LogP contribution is -2.32. The average molecular weight is 259 g/mol. The molecule has 0 radical (unpaired) electrons. The van der Waals surface area contributed by atoms with Crippen molar-refractivity contribution >= 4 is 29.6 Å². The topological polar surface area (TPSA) is 74.7 Å². The van der Waals surface area contributed by atoms with Crippen LogP contribution in [0.5, 0.6) is 0 Å². The molecule has 0 aromatic carbocycles. The first-order valence-electron chi connectivity index (χ1n) is 5.70. The molecule has 5 nitrogen and oxygen atoms in total. The molecule has 96 valence electrons. The van der Waals surface area contributed by atoms with Crippen LogP contribution in [0, 0.1) is 0 Å². The van der Waals surface area contributed by atoms with Gasteiger partial charge in [0.25, 0.3) is 0 Å². The maximum atomic E-state index is 11.6. The van der Waals surface area contributed by atoms with E-state index in [0.717, 1.165) is 12.8 Å². The van der Waals surface area contributed by atoms with Gasteiger partial charge in [0.2, 0.25) is 11.8 Å². The number of carbonyl (C=O) groups is 3. The van der Waals surface area contributed by atoms with Gasteiger partial charge in [-0.25, -0.2) is 0 Å². The molecule has 0 spiro atoms. The van der Waals surface area contributed by atoms with Crippen molar-refractivity contribution in [2.75, 3.05) is 6.54 Å². The van der Waals surface area contributed by atoms with Gasteiger partial charge >= 0.3 is 0 Å². The summed E-state index contributed by atoms with van der Waals surface area (Å²) in [4.78, 5) is 35.0. The zero-order valence-corrected chi connectivity index (χ0v) is 10.7. The summed E-state index contributed by atoms with van der Waals surface area (Å²) in [6.45, 7) is 1.95. The van der Waals surface area contributed by atoms with Gasteiger partial charge in [0.05, 0.1) is 6.42 Å². The molecular formula is C11H17NO4S. The van der Waals surface area contributed by atoms with Crippen LogP contribution in [0.15, 0.2) is 0 Å². The molecule has 0 aromatic heterocycles. The van der Waals surface area contributed by atoms with Crippen LogP contribution in [0.3, 0.4) is 0 Å². The van der Waals surface area contributed by atoms with E-state index in [2.05, 4.69) is 0 Å². The lowest BCUT2D eigenvalue weighted by atomic mass is 10.1. The zero-order valence-electron chi connectivity index (χ0n) is 9.85. The Hall–Kier alpha value is -0.880. The number of carbonyl (C=O) groups excluding carboxylic acids is 3. The van der Waals surface area contributed by atoms with Crippen LogP contribution in [-0.2, 0) is 14.4 Å². The second-order valence-corrected chi connectivity index (χ2v) is 4.97. The molecule has 17 heavy (non-hydrogen) atoms. The summed E-state index contributed by atoms with van der Waals surface area (Å²) < 4.78 is 8.82. The summed E-state index contributed by atoms with van der Waals surface area (Å²) in [6.07, 6.45) is 2.98. The number of imide groups is 1. The molecule has 1 aliphatic heterocycles. The Morgan fingerprint density at radius 1 is 1.41 bits per heavy atom. The number of unbranched alkanes of at least 4 members (excludes halogenated alkanes) is 2. The third-order valence-electron chi connectivity index (χ3n) is 2.74. The van der Waals surface area contributed by atoms with Crippen LogP contribution in [0.1, 0.15) is 39.0 Å². The van der Waals surface area contributed by atoms with Crippen LogP contribution in [-0.4, -0.2) is 38.8 Å². The smallest absolute Gasteiger partial charge is 0.245 e. The fourth-order valence-corrected chi connectivity index (χ4v) is 2.23. The van der Waals surface area contributed by atoms with E-state index < -0.39 is 5.25 Å². The van der Waals surface area contributed by atoms with E-state index in [4.69, 9.17) is 4.55 Å². The van der Waals surface area contributed by atoms with Gasteiger partial charge in [-0.15, -0.1) is 0 Å². The lowest BCUT2D eigenvalue weighted by molar-refractivity contribution is -0.138. The Morgan fingerprint density at radius 2 is 2.12 bits per heavy atom. The summed E-state index contributed by atoms with van der Waals surface area (Å²) in [5.74, 6) is -0.350. The highest BCUT2D eigenvalue weighted by molar-refractivity contribution is 7.95. The van der Waals surface area contributed by atoms with Gasteiger partial charge in [-0.1, -0.05) is 6.42 Å². The average Bonchev–Trinajstić information content (AvgIpc) is 2.54. The van der Waals surface area contributed by atoms with Crippen molar-refractivity contribution in [3.63, 3.8) is 0 Å². The molecule has 1 unspecified atom stereocenters. The number of likely N-dealkylation sites (tertiary alicyclic amines) is 1. The molecular weight excluding hydrogens is 242 g/mol. The first-order chi connectivity index (χ1) is 8.06. The number of nitrogens with zero attached hydrogens (tertiary/aromatic N) is 1. The molecule has 1 heterocycles. The van der Waals surface area contributed by atoms with Gasteiger partial charge in [-0.2, -0.15) is 0 Å². The molecule has 2 amide bonds. The predicted octanol–water partition coefficient (Wildman–Crippen LogP) is 1.47. The second-order valence-electron chi connectivity index (χ2n) is 4.19. The number of hydrogen-bond acceptors (Lipinski definition) is 5. The van der Waals surface area contributed by atoms with Crippen LogP contribution in [0.4, 0.5) is 0 Å². The van der Waals surface area contributed by atoms with E-state index in [9.17, 15) is 14.4 Å². The van der Waals surface area contributed by atoms with Gasteiger partial charge in [0.15, 0.2) is 0 Å². The molecule has 0 bridgehead atoms. The van der Waals surface area contributed by atoms with E-state index in [1.54, 1.807) is 6.92 Å². The standard InChI is InChI=1S/C11H17NO4S/c1-8(13)5-3-2-4-6-12-10(14)7-9(17-16)11(12)15/h9,16H,2-7H2,1H3. The molecule has 1 aliphatic rings. The third-order valence-corrected chi connectivity index (χ3v) is 3.36. The van der Waals surface area contributed by atoms with Crippen LogP contribution < -0.4 is 0 Å². The van der Waals surface area contributed by atoms with Crippen molar-refractivity contribution in [1.82, 2.24) is 4.90 Å². The highest BCUT2D eigenvalue weighted by Crippen LogP contribution is 2.23. The normalized spacial score (nSPS) is 20.1. The van der Waals surface area contributed by atoms with E-state index in [0.29, 0.717) is 31.4 Å². The minimum Gasteiger partial charge on any atom is -0.329 e. The van der Waals surface area contributed by atoms with Gasteiger partial charge in [-0.05, 0) is 19.8 Å². The fourth-order valence-electron chi connectivity index (χ4n) is 1.79. The quantitative estimate of drug-likeness (QED) is 0.426. The number of ketones is 1. The van der Waals surface area contributed by atoms with Crippen molar-refractivity contribution in [2.45, 2.75) is 44.3 Å². The first kappa shape index (κ1) is 14.2. The van der Waals surface area contributed by atoms with Crippen molar-refractivity contribution in [1.29, 1.82) is 0 Å². The van der Waals surface area contributed by atoms with Crippen molar-refractivity contribution in [3.8, 4) is 0 Å². The Labute approximate surface area is 105 Å². The molecule has 0 aromatic rings. The highest BCUT2D eigenvalue weighted by Gasteiger charge is 2.38.